The van der Waals surface area contributed by atoms with Crippen molar-refractivity contribution in [3.05, 3.63) is 22.7 Å². The lowest BCUT2D eigenvalue weighted by atomic mass is 9.72. The zero-order valence-electron chi connectivity index (χ0n) is 21.0. The molecular formula is C26H40N2O4. The number of aliphatic hydroxyl groups is 2. The first-order chi connectivity index (χ1) is 14.6. The Morgan fingerprint density at radius 3 is 1.31 bits per heavy atom. The maximum absolute atomic E-state index is 12.8. The Kier molecular flexibility index (Phi) is 7.90. The Morgan fingerprint density at radius 1 is 0.719 bits per heavy atom. The Labute approximate surface area is 192 Å². The Bertz CT molecular complexity index is 825. The van der Waals surface area contributed by atoms with E-state index in [1.165, 1.54) is 0 Å². The summed E-state index contributed by atoms with van der Waals surface area (Å²) in [5.41, 5.74) is 1.41. The Balaban J connectivity index is 2.37. The van der Waals surface area contributed by atoms with Crippen LogP contribution in [0.3, 0.4) is 0 Å². The zero-order chi connectivity index (χ0) is 24.4. The SMILES string of the molecule is CC(C)N=C1CC(C)(C)CC(=O)C1=C(O)CCC(O)=C1C(=O)CC(C)(C)CC1=NC(C)C. The number of carbonyl (C=O) groups excluding carboxylic acids is 2. The van der Waals surface area contributed by atoms with Crippen LogP contribution in [0.25, 0.3) is 0 Å². The molecule has 0 amide bonds. The van der Waals surface area contributed by atoms with E-state index in [9.17, 15) is 19.8 Å². The highest BCUT2D eigenvalue weighted by Crippen LogP contribution is 2.38. The van der Waals surface area contributed by atoms with Gasteiger partial charge in [-0.15, -0.1) is 0 Å². The smallest absolute Gasteiger partial charge is 0.168 e. The van der Waals surface area contributed by atoms with Crippen LogP contribution in [0.15, 0.2) is 32.6 Å². The lowest BCUT2D eigenvalue weighted by Gasteiger charge is -2.32. The van der Waals surface area contributed by atoms with Crippen molar-refractivity contribution in [3.63, 3.8) is 0 Å². The second-order valence-corrected chi connectivity index (χ2v) is 11.4. The van der Waals surface area contributed by atoms with Crippen molar-refractivity contribution < 1.29 is 19.8 Å². The Morgan fingerprint density at radius 2 is 1.03 bits per heavy atom. The van der Waals surface area contributed by atoms with Gasteiger partial charge in [0.15, 0.2) is 11.6 Å². The molecule has 178 valence electrons. The van der Waals surface area contributed by atoms with Crippen LogP contribution in [0.5, 0.6) is 0 Å². The molecule has 2 aliphatic rings. The van der Waals surface area contributed by atoms with E-state index in [1.807, 2.05) is 55.4 Å². The van der Waals surface area contributed by atoms with Crippen molar-refractivity contribution in [1.82, 2.24) is 0 Å². The molecule has 0 aromatic carbocycles. The fraction of sp³-hybridized carbons (Fsp3) is 0.692. The van der Waals surface area contributed by atoms with Crippen molar-refractivity contribution in [1.29, 1.82) is 0 Å². The summed E-state index contributed by atoms with van der Waals surface area (Å²) >= 11 is 0. The van der Waals surface area contributed by atoms with Crippen molar-refractivity contribution in [2.45, 2.75) is 106 Å². The zero-order valence-corrected chi connectivity index (χ0v) is 21.0. The second kappa shape index (κ2) is 9.72. The van der Waals surface area contributed by atoms with E-state index < -0.39 is 0 Å². The molecule has 0 heterocycles. The van der Waals surface area contributed by atoms with Crippen LogP contribution in [0.4, 0.5) is 0 Å². The van der Waals surface area contributed by atoms with Crippen LogP contribution in [0.1, 0.15) is 93.9 Å². The van der Waals surface area contributed by atoms with Crippen molar-refractivity contribution in [2.75, 3.05) is 0 Å². The van der Waals surface area contributed by atoms with Crippen molar-refractivity contribution >= 4 is 23.0 Å². The number of hydrogen-bond acceptors (Lipinski definition) is 6. The number of nitrogens with zero attached hydrogens (tertiary/aromatic N) is 2. The first-order valence-electron chi connectivity index (χ1n) is 11.7. The minimum atomic E-state index is -0.206. The quantitative estimate of drug-likeness (QED) is 0.409. The van der Waals surface area contributed by atoms with Crippen LogP contribution >= 0.6 is 0 Å². The van der Waals surface area contributed by atoms with Crippen LogP contribution in [-0.2, 0) is 9.59 Å². The molecule has 2 fully saturated rings. The summed E-state index contributed by atoms with van der Waals surface area (Å²) in [6, 6.07) is 0.00563. The molecule has 0 radical (unpaired) electrons. The summed E-state index contributed by atoms with van der Waals surface area (Å²) in [5, 5.41) is 21.7. The van der Waals surface area contributed by atoms with E-state index in [0.717, 1.165) is 0 Å². The average Bonchev–Trinajstić information content (AvgIpc) is 2.55. The van der Waals surface area contributed by atoms with Gasteiger partial charge in [0.2, 0.25) is 0 Å². The lowest BCUT2D eigenvalue weighted by Crippen LogP contribution is -2.33. The Hall–Kier alpha value is -2.24. The third kappa shape index (κ3) is 6.63. The summed E-state index contributed by atoms with van der Waals surface area (Å²) in [7, 11) is 0. The third-order valence-corrected chi connectivity index (χ3v) is 5.71. The number of aliphatic hydroxyl groups excluding tert-OH is 2. The number of hydrogen-bond donors (Lipinski definition) is 2. The molecule has 0 bridgehead atoms. The summed E-state index contributed by atoms with van der Waals surface area (Å²) in [6.45, 7) is 15.9. The maximum Gasteiger partial charge on any atom is 0.168 e. The van der Waals surface area contributed by atoms with Crippen LogP contribution in [0.2, 0.25) is 0 Å². The van der Waals surface area contributed by atoms with E-state index in [4.69, 9.17) is 0 Å². The molecule has 0 aromatic rings. The molecule has 0 aliphatic heterocycles. The van der Waals surface area contributed by atoms with Crippen LogP contribution in [0, 0.1) is 10.8 Å². The van der Waals surface area contributed by atoms with Crippen LogP contribution in [-0.4, -0.2) is 45.3 Å². The van der Waals surface area contributed by atoms with Gasteiger partial charge in [0.25, 0.3) is 0 Å². The van der Waals surface area contributed by atoms with E-state index in [-0.39, 0.29) is 70.0 Å². The minimum Gasteiger partial charge on any atom is -0.511 e. The van der Waals surface area contributed by atoms with Gasteiger partial charge in [0.05, 0.1) is 11.1 Å². The standard InChI is InChI=1S/C26H40N2O4/c1-15(2)27-17-11-25(5,6)13-21(31)23(17)19(29)9-10-20(30)24-18(28-16(3)4)12-26(7,8)14-22(24)32/h15-16,29-30H,9-14H2,1-8H3. The van der Waals surface area contributed by atoms with Gasteiger partial charge in [-0.25, -0.2) is 0 Å². The van der Waals surface area contributed by atoms with Gasteiger partial charge >= 0.3 is 0 Å². The molecule has 6 heteroatoms. The van der Waals surface area contributed by atoms with E-state index >= 15 is 0 Å². The second-order valence-electron chi connectivity index (χ2n) is 11.4. The molecule has 32 heavy (non-hydrogen) atoms. The molecule has 6 nitrogen and oxygen atoms in total. The largest absolute Gasteiger partial charge is 0.511 e. The number of rotatable bonds is 5. The minimum absolute atomic E-state index is 0.00281. The highest BCUT2D eigenvalue weighted by Gasteiger charge is 2.38. The maximum atomic E-state index is 12.8. The normalized spacial score (nSPS) is 26.9. The molecular weight excluding hydrogens is 404 g/mol. The molecule has 0 spiro atoms. The summed E-state index contributed by atoms with van der Waals surface area (Å²) in [6.07, 6.45) is 2.05. The fourth-order valence-corrected chi connectivity index (χ4v) is 4.56. The molecule has 2 saturated carbocycles. The molecule has 0 aromatic heterocycles. The van der Waals surface area contributed by atoms with Gasteiger partial charge < -0.3 is 10.2 Å². The van der Waals surface area contributed by atoms with Gasteiger partial charge in [0, 0.05) is 49.2 Å². The van der Waals surface area contributed by atoms with E-state index in [0.29, 0.717) is 37.1 Å². The fourth-order valence-electron chi connectivity index (χ4n) is 4.56. The highest BCUT2D eigenvalue weighted by atomic mass is 16.3. The van der Waals surface area contributed by atoms with Gasteiger partial charge in [0.1, 0.15) is 11.5 Å². The number of ketones is 2. The molecule has 2 aliphatic carbocycles. The van der Waals surface area contributed by atoms with E-state index in [1.54, 1.807) is 0 Å². The molecule has 0 unspecified atom stereocenters. The van der Waals surface area contributed by atoms with E-state index in [2.05, 4.69) is 9.98 Å². The highest BCUT2D eigenvalue weighted by molar-refractivity contribution is 6.25. The predicted molar refractivity (Wildman–Crippen MR) is 130 cm³/mol. The summed E-state index contributed by atoms with van der Waals surface area (Å²) < 4.78 is 0. The third-order valence-electron chi connectivity index (χ3n) is 5.71. The van der Waals surface area contributed by atoms with Gasteiger partial charge in [-0.3, -0.25) is 19.6 Å². The first-order valence-corrected chi connectivity index (χ1v) is 11.7. The first kappa shape index (κ1) is 26.0. The average molecular weight is 445 g/mol. The van der Waals surface area contributed by atoms with Gasteiger partial charge in [-0.1, -0.05) is 27.7 Å². The number of Topliss-reactive ketones (excluding diaryl/α,β-unsaturated/α-hetero) is 2. The monoisotopic (exact) mass is 444 g/mol. The van der Waals surface area contributed by atoms with Crippen LogP contribution < -0.4 is 0 Å². The number of allylic oxidation sites excluding steroid dienone is 4. The molecule has 2 N–H and O–H groups in total. The molecule has 0 atom stereocenters. The summed E-state index contributed by atoms with van der Waals surface area (Å²) in [4.78, 5) is 34.9. The molecule has 2 rings (SSSR count). The predicted octanol–water partition coefficient (Wildman–Crippen LogP) is 5.87. The van der Waals surface area contributed by atoms with Gasteiger partial charge in [-0.05, 0) is 51.4 Å². The topological polar surface area (TPSA) is 99.3 Å². The number of carbonyl (C=O) groups is 2. The van der Waals surface area contributed by atoms with Gasteiger partial charge in [-0.2, -0.15) is 0 Å². The molecule has 0 saturated heterocycles. The summed E-state index contributed by atoms with van der Waals surface area (Å²) in [5.74, 6) is -0.378. The number of aliphatic imine (C=N–C) groups is 2. The lowest BCUT2D eigenvalue weighted by molar-refractivity contribution is -0.118. The van der Waals surface area contributed by atoms with Crippen molar-refractivity contribution in [2.24, 2.45) is 20.8 Å². The van der Waals surface area contributed by atoms with Crippen molar-refractivity contribution in [3.8, 4) is 0 Å².